The maximum absolute atomic E-state index is 13.8. The second-order valence-corrected chi connectivity index (χ2v) is 9.97. The first-order chi connectivity index (χ1) is 18.1. The molecule has 4 aromatic rings. The normalized spacial score (nSPS) is 14.2. The summed E-state index contributed by atoms with van der Waals surface area (Å²) in [7, 11) is 1.35. The standard InChI is InChI=1S/C30H29N3O3S/c1-36-26(34)13-12-24-20-37-29-27(24)32-19-25(28(29)31-18-21-8-4-2-5-9-21)30(35)33-16-14-23(15-17-33)22-10-6-3-7-11-22/h2-13,19-20,23H,14-18H2,1H3,(H,31,32)/b13-12+. The molecule has 1 aliphatic heterocycles. The largest absolute Gasteiger partial charge is 0.466 e. The highest BCUT2D eigenvalue weighted by atomic mass is 32.1. The maximum Gasteiger partial charge on any atom is 0.330 e. The number of methoxy groups -OCH3 is 1. The van der Waals surface area contributed by atoms with Crippen molar-refractivity contribution in [2.45, 2.75) is 25.3 Å². The van der Waals surface area contributed by atoms with E-state index in [2.05, 4.69) is 46.7 Å². The van der Waals surface area contributed by atoms with Crippen molar-refractivity contribution in [3.63, 3.8) is 0 Å². The van der Waals surface area contributed by atoms with Crippen LogP contribution in [0, 0.1) is 0 Å². The minimum atomic E-state index is -0.424. The number of aromatic nitrogens is 1. The number of rotatable bonds is 7. The Morgan fingerprint density at radius 2 is 1.78 bits per heavy atom. The maximum atomic E-state index is 13.8. The number of esters is 1. The summed E-state index contributed by atoms with van der Waals surface area (Å²) < 4.78 is 5.61. The van der Waals surface area contributed by atoms with Crippen LogP contribution in [0.25, 0.3) is 16.3 Å². The molecule has 0 saturated carbocycles. The molecule has 1 fully saturated rings. The summed E-state index contributed by atoms with van der Waals surface area (Å²) in [5.41, 5.74) is 5.39. The van der Waals surface area contributed by atoms with E-state index in [0.29, 0.717) is 31.1 Å². The second kappa shape index (κ2) is 11.4. The van der Waals surface area contributed by atoms with Crippen LogP contribution in [-0.4, -0.2) is 42.0 Å². The van der Waals surface area contributed by atoms with Gasteiger partial charge in [0.25, 0.3) is 5.91 Å². The number of nitrogens with zero attached hydrogens (tertiary/aromatic N) is 2. The minimum Gasteiger partial charge on any atom is -0.466 e. The molecule has 2 aromatic carbocycles. The molecule has 37 heavy (non-hydrogen) atoms. The second-order valence-electron chi connectivity index (χ2n) is 9.09. The van der Waals surface area contributed by atoms with Crippen LogP contribution in [0.15, 0.2) is 78.3 Å². The molecule has 0 bridgehead atoms. The third-order valence-corrected chi connectivity index (χ3v) is 7.81. The number of thiophene rings is 1. The zero-order chi connectivity index (χ0) is 25.6. The van der Waals surface area contributed by atoms with Gasteiger partial charge in [-0.15, -0.1) is 11.3 Å². The first-order valence-electron chi connectivity index (χ1n) is 12.4. The number of carbonyl (C=O) groups excluding carboxylic acids is 2. The van der Waals surface area contributed by atoms with Gasteiger partial charge in [0.05, 0.1) is 28.6 Å². The molecule has 0 radical (unpaired) electrons. The molecule has 1 aliphatic rings. The summed E-state index contributed by atoms with van der Waals surface area (Å²) >= 11 is 1.51. The van der Waals surface area contributed by atoms with Crippen molar-refractivity contribution in [2.75, 3.05) is 25.5 Å². The highest BCUT2D eigenvalue weighted by Gasteiger charge is 2.27. The molecular formula is C30H29N3O3S. The Morgan fingerprint density at radius 1 is 1.08 bits per heavy atom. The Balaban J connectivity index is 1.42. The number of ether oxygens (including phenoxy) is 1. The minimum absolute atomic E-state index is 0.00322. The number of hydrogen-bond acceptors (Lipinski definition) is 6. The molecule has 1 saturated heterocycles. The summed E-state index contributed by atoms with van der Waals surface area (Å²) in [6, 6.07) is 20.6. The molecule has 0 atom stereocenters. The highest BCUT2D eigenvalue weighted by molar-refractivity contribution is 7.18. The first-order valence-corrected chi connectivity index (χ1v) is 13.3. The van der Waals surface area contributed by atoms with Crippen LogP contribution in [0.4, 0.5) is 5.69 Å². The van der Waals surface area contributed by atoms with Gasteiger partial charge in [-0.2, -0.15) is 0 Å². The fourth-order valence-electron chi connectivity index (χ4n) is 4.77. The number of hydrogen-bond donors (Lipinski definition) is 1. The van der Waals surface area contributed by atoms with E-state index in [0.717, 1.165) is 39.9 Å². The van der Waals surface area contributed by atoms with E-state index in [1.807, 2.05) is 34.5 Å². The number of carbonyl (C=O) groups is 2. The van der Waals surface area contributed by atoms with Gasteiger partial charge in [0.1, 0.15) is 0 Å². The van der Waals surface area contributed by atoms with E-state index in [-0.39, 0.29) is 5.91 Å². The van der Waals surface area contributed by atoms with Crippen molar-refractivity contribution >= 4 is 45.2 Å². The van der Waals surface area contributed by atoms with Crippen LogP contribution >= 0.6 is 11.3 Å². The van der Waals surface area contributed by atoms with Gasteiger partial charge in [0, 0.05) is 42.9 Å². The molecule has 0 unspecified atom stereocenters. The summed E-state index contributed by atoms with van der Waals surface area (Å²) in [6.07, 6.45) is 6.65. The molecule has 7 heteroatoms. The van der Waals surface area contributed by atoms with Crippen molar-refractivity contribution in [1.82, 2.24) is 9.88 Å². The van der Waals surface area contributed by atoms with E-state index in [1.165, 1.54) is 30.1 Å². The van der Waals surface area contributed by atoms with Crippen molar-refractivity contribution in [1.29, 1.82) is 0 Å². The average molecular weight is 512 g/mol. The van der Waals surface area contributed by atoms with Crippen LogP contribution in [-0.2, 0) is 16.1 Å². The Labute approximate surface area is 220 Å². The topological polar surface area (TPSA) is 71.5 Å². The number of piperidine rings is 1. The number of benzene rings is 2. The zero-order valence-corrected chi connectivity index (χ0v) is 21.5. The summed E-state index contributed by atoms with van der Waals surface area (Å²) in [4.78, 5) is 32.0. The Morgan fingerprint density at radius 3 is 2.49 bits per heavy atom. The predicted octanol–water partition coefficient (Wildman–Crippen LogP) is 6.11. The van der Waals surface area contributed by atoms with Gasteiger partial charge in [0.15, 0.2) is 0 Å². The molecule has 1 N–H and O–H groups in total. The molecule has 0 aliphatic carbocycles. The van der Waals surface area contributed by atoms with Gasteiger partial charge in [0.2, 0.25) is 0 Å². The molecular weight excluding hydrogens is 482 g/mol. The summed E-state index contributed by atoms with van der Waals surface area (Å²) in [5.74, 6) is 0.0481. The van der Waals surface area contributed by atoms with Crippen molar-refractivity contribution in [2.24, 2.45) is 0 Å². The molecule has 1 amide bonds. The fraction of sp³-hybridized carbons (Fsp3) is 0.233. The quantitative estimate of drug-likeness (QED) is 0.239. The smallest absolute Gasteiger partial charge is 0.330 e. The van der Waals surface area contributed by atoms with Crippen molar-refractivity contribution in [3.05, 3.63) is 101 Å². The van der Waals surface area contributed by atoms with E-state index in [4.69, 9.17) is 4.74 Å². The molecule has 2 aromatic heterocycles. The van der Waals surface area contributed by atoms with Gasteiger partial charge in [-0.1, -0.05) is 60.7 Å². The molecule has 0 spiro atoms. The van der Waals surface area contributed by atoms with Crippen LogP contribution in [0.1, 0.15) is 45.8 Å². The van der Waals surface area contributed by atoms with Gasteiger partial charge in [-0.05, 0) is 36.0 Å². The number of fused-ring (bicyclic) bond motifs is 1. The Kier molecular flexibility index (Phi) is 7.61. The number of nitrogens with one attached hydrogen (secondary N) is 1. The average Bonchev–Trinajstić information content (AvgIpc) is 3.38. The monoisotopic (exact) mass is 511 g/mol. The van der Waals surface area contributed by atoms with E-state index in [9.17, 15) is 9.59 Å². The third-order valence-electron chi connectivity index (χ3n) is 6.81. The summed E-state index contributed by atoms with van der Waals surface area (Å²) in [5, 5.41) is 5.47. The number of pyridine rings is 1. The van der Waals surface area contributed by atoms with Crippen LogP contribution in [0.5, 0.6) is 0 Å². The van der Waals surface area contributed by atoms with Gasteiger partial charge in [-0.3, -0.25) is 9.78 Å². The predicted molar refractivity (Wildman–Crippen MR) is 149 cm³/mol. The van der Waals surface area contributed by atoms with Gasteiger partial charge in [-0.25, -0.2) is 4.79 Å². The summed E-state index contributed by atoms with van der Waals surface area (Å²) in [6.45, 7) is 2.01. The lowest BCUT2D eigenvalue weighted by Crippen LogP contribution is -2.38. The highest BCUT2D eigenvalue weighted by Crippen LogP contribution is 2.36. The first kappa shape index (κ1) is 24.7. The molecule has 5 rings (SSSR count). The van der Waals surface area contributed by atoms with E-state index in [1.54, 1.807) is 12.3 Å². The number of likely N-dealkylation sites (tertiary alicyclic amines) is 1. The lowest BCUT2D eigenvalue weighted by atomic mass is 9.89. The zero-order valence-electron chi connectivity index (χ0n) is 20.7. The SMILES string of the molecule is COC(=O)/C=C/c1csc2c(NCc3ccccc3)c(C(=O)N3CCC(c4ccccc4)CC3)cnc12. The Bertz CT molecular complexity index is 1410. The van der Waals surface area contributed by atoms with Gasteiger partial charge < -0.3 is 15.0 Å². The number of anilines is 1. The van der Waals surface area contributed by atoms with Gasteiger partial charge >= 0.3 is 5.97 Å². The molecule has 6 nitrogen and oxygen atoms in total. The fourth-order valence-corrected chi connectivity index (χ4v) is 5.79. The molecule has 188 valence electrons. The van der Waals surface area contributed by atoms with E-state index >= 15 is 0 Å². The van der Waals surface area contributed by atoms with Crippen LogP contribution < -0.4 is 5.32 Å². The third kappa shape index (κ3) is 5.57. The lowest BCUT2D eigenvalue weighted by molar-refractivity contribution is -0.134. The molecule has 3 heterocycles. The van der Waals surface area contributed by atoms with Crippen LogP contribution in [0.3, 0.4) is 0 Å². The van der Waals surface area contributed by atoms with E-state index < -0.39 is 5.97 Å². The number of amides is 1. The van der Waals surface area contributed by atoms with Crippen molar-refractivity contribution < 1.29 is 14.3 Å². The lowest BCUT2D eigenvalue weighted by Gasteiger charge is -2.32. The Hall–Kier alpha value is -3.97. The van der Waals surface area contributed by atoms with Crippen LogP contribution in [0.2, 0.25) is 0 Å². The van der Waals surface area contributed by atoms with Crippen molar-refractivity contribution in [3.8, 4) is 0 Å².